The molecular weight excluding hydrogens is 600 g/mol. The number of hydrogen-bond donors (Lipinski definition) is 0. The summed E-state index contributed by atoms with van der Waals surface area (Å²) in [6, 6.07) is 0. The molecular formula is C31H63ClO12. The van der Waals surface area contributed by atoms with Gasteiger partial charge in [0.1, 0.15) is 0 Å². The van der Waals surface area contributed by atoms with Crippen molar-refractivity contribution in [3.8, 4) is 0 Å². The van der Waals surface area contributed by atoms with Crippen LogP contribution >= 0.6 is 11.6 Å². The van der Waals surface area contributed by atoms with Crippen molar-refractivity contribution in [2.24, 2.45) is 0 Å². The number of alkyl halides is 1. The molecule has 0 aliphatic rings. The quantitative estimate of drug-likeness (QED) is 0.0709. The normalized spacial score (nSPS) is 11.7. The fourth-order valence-corrected chi connectivity index (χ4v) is 3.49. The Hall–Kier alpha value is -0.190. The summed E-state index contributed by atoms with van der Waals surface area (Å²) in [6.45, 7) is 16.7. The fourth-order valence-electron chi connectivity index (χ4n) is 3.30. The summed E-state index contributed by atoms with van der Waals surface area (Å²) in [5.41, 5.74) is 0. The minimum Gasteiger partial charge on any atom is -0.379 e. The molecule has 0 atom stereocenters. The molecule has 0 spiro atoms. The molecule has 0 saturated carbocycles. The van der Waals surface area contributed by atoms with Crippen LogP contribution in [0.1, 0.15) is 39.5 Å². The molecule has 266 valence electrons. The highest BCUT2D eigenvalue weighted by Crippen LogP contribution is 2.01. The number of unbranched alkanes of at least 4 members (excludes halogenated alkanes) is 3. The van der Waals surface area contributed by atoms with Crippen LogP contribution in [0.15, 0.2) is 0 Å². The highest BCUT2D eigenvalue weighted by Gasteiger charge is 1.97. The van der Waals surface area contributed by atoms with Crippen molar-refractivity contribution in [3.05, 3.63) is 0 Å². The first-order valence-corrected chi connectivity index (χ1v) is 16.8. The van der Waals surface area contributed by atoms with Gasteiger partial charge in [0, 0.05) is 12.5 Å². The van der Waals surface area contributed by atoms with Gasteiger partial charge in [0.15, 0.2) is 0 Å². The molecule has 0 aliphatic heterocycles. The summed E-state index contributed by atoms with van der Waals surface area (Å²) in [5.74, 6) is 0.744. The van der Waals surface area contributed by atoms with Crippen LogP contribution < -0.4 is 0 Å². The maximum Gasteiger partial charge on any atom is 0.0703 e. The van der Waals surface area contributed by atoms with Crippen LogP contribution in [0.4, 0.5) is 0 Å². The topological polar surface area (TPSA) is 111 Å². The van der Waals surface area contributed by atoms with Gasteiger partial charge in [-0.1, -0.05) is 12.8 Å². The standard InChI is InChI=1S/C31H63ClO12/c1-31(2)44-30-29-43-28-27-42-26-25-41-24-23-40-22-21-39-20-19-38-18-17-37-16-15-36-14-13-35-12-11-34-10-9-33-8-6-4-3-5-7-32/h31H,3-30H2,1-2H3. The molecule has 0 bridgehead atoms. The van der Waals surface area contributed by atoms with E-state index in [0.29, 0.717) is 145 Å². The summed E-state index contributed by atoms with van der Waals surface area (Å²) < 4.78 is 65.6. The Morgan fingerprint density at radius 1 is 0.295 bits per heavy atom. The highest BCUT2D eigenvalue weighted by molar-refractivity contribution is 6.17. The Morgan fingerprint density at radius 3 is 0.773 bits per heavy atom. The molecule has 0 N–H and O–H groups in total. The van der Waals surface area contributed by atoms with Crippen molar-refractivity contribution in [1.29, 1.82) is 0 Å². The smallest absolute Gasteiger partial charge is 0.0703 e. The van der Waals surface area contributed by atoms with Crippen molar-refractivity contribution < 1.29 is 56.8 Å². The zero-order chi connectivity index (χ0) is 31.9. The van der Waals surface area contributed by atoms with E-state index in [1.54, 1.807) is 0 Å². The molecule has 12 nitrogen and oxygen atoms in total. The lowest BCUT2D eigenvalue weighted by molar-refractivity contribution is -0.0293. The molecule has 0 heterocycles. The zero-order valence-electron chi connectivity index (χ0n) is 27.7. The van der Waals surface area contributed by atoms with Crippen molar-refractivity contribution in [2.75, 3.05) is 158 Å². The van der Waals surface area contributed by atoms with Gasteiger partial charge in [-0.3, -0.25) is 0 Å². The predicted octanol–water partition coefficient (Wildman–Crippen LogP) is 3.39. The Bertz CT molecular complexity index is 508. The first-order chi connectivity index (χ1) is 21.8. The van der Waals surface area contributed by atoms with E-state index in [4.69, 9.17) is 68.4 Å². The third-order valence-electron chi connectivity index (χ3n) is 5.57. The van der Waals surface area contributed by atoms with Crippen LogP contribution in [-0.2, 0) is 56.8 Å². The third-order valence-corrected chi connectivity index (χ3v) is 5.84. The Kier molecular flexibility index (Phi) is 40.7. The summed E-state index contributed by atoms with van der Waals surface area (Å²) in [5, 5.41) is 0. The SMILES string of the molecule is CC(C)OCCOCCOCCOCCOCCOCCOCCOCCOCCOCCOCCOCCCCCCCl. The summed E-state index contributed by atoms with van der Waals surface area (Å²) in [4.78, 5) is 0. The van der Waals surface area contributed by atoms with Crippen LogP contribution in [0.3, 0.4) is 0 Å². The fraction of sp³-hybridized carbons (Fsp3) is 1.00. The molecule has 0 aromatic rings. The second-order valence-electron chi connectivity index (χ2n) is 9.76. The van der Waals surface area contributed by atoms with E-state index in [1.165, 1.54) is 12.8 Å². The van der Waals surface area contributed by atoms with Gasteiger partial charge >= 0.3 is 0 Å². The van der Waals surface area contributed by atoms with Gasteiger partial charge in [0.25, 0.3) is 0 Å². The first kappa shape index (κ1) is 43.8. The van der Waals surface area contributed by atoms with Gasteiger partial charge in [0.2, 0.25) is 0 Å². The van der Waals surface area contributed by atoms with E-state index in [1.807, 2.05) is 13.8 Å². The molecule has 0 unspecified atom stereocenters. The second kappa shape index (κ2) is 40.8. The minimum atomic E-state index is 0.232. The van der Waals surface area contributed by atoms with E-state index in [-0.39, 0.29) is 6.10 Å². The van der Waals surface area contributed by atoms with E-state index in [2.05, 4.69) is 0 Å². The van der Waals surface area contributed by atoms with Crippen molar-refractivity contribution in [3.63, 3.8) is 0 Å². The van der Waals surface area contributed by atoms with E-state index in [0.717, 1.165) is 25.3 Å². The third kappa shape index (κ3) is 41.8. The summed E-state index contributed by atoms with van der Waals surface area (Å²) in [6.07, 6.45) is 4.74. The van der Waals surface area contributed by atoms with Crippen molar-refractivity contribution in [1.82, 2.24) is 0 Å². The van der Waals surface area contributed by atoms with Gasteiger partial charge in [-0.05, 0) is 26.7 Å². The summed E-state index contributed by atoms with van der Waals surface area (Å²) >= 11 is 5.65. The monoisotopic (exact) mass is 662 g/mol. The first-order valence-electron chi connectivity index (χ1n) is 16.3. The van der Waals surface area contributed by atoms with Crippen molar-refractivity contribution >= 4 is 11.6 Å². The Morgan fingerprint density at radius 2 is 0.523 bits per heavy atom. The van der Waals surface area contributed by atoms with Gasteiger partial charge < -0.3 is 56.8 Å². The Labute approximate surface area is 271 Å². The molecule has 0 radical (unpaired) electrons. The second-order valence-corrected chi connectivity index (χ2v) is 10.1. The van der Waals surface area contributed by atoms with Crippen LogP contribution in [0.2, 0.25) is 0 Å². The molecule has 0 rings (SSSR count). The molecule has 13 heteroatoms. The average Bonchev–Trinajstić information content (AvgIpc) is 3.02. The lowest BCUT2D eigenvalue weighted by Crippen LogP contribution is -2.15. The number of halogens is 1. The molecule has 0 aromatic carbocycles. The molecule has 44 heavy (non-hydrogen) atoms. The predicted molar refractivity (Wildman–Crippen MR) is 169 cm³/mol. The minimum absolute atomic E-state index is 0.232. The van der Waals surface area contributed by atoms with Crippen LogP contribution in [-0.4, -0.2) is 164 Å². The molecule has 0 aliphatic carbocycles. The zero-order valence-corrected chi connectivity index (χ0v) is 28.4. The maximum absolute atomic E-state index is 5.65. The number of ether oxygens (including phenoxy) is 12. The van der Waals surface area contributed by atoms with Crippen LogP contribution in [0.5, 0.6) is 0 Å². The van der Waals surface area contributed by atoms with Gasteiger partial charge in [-0.25, -0.2) is 0 Å². The number of rotatable bonds is 40. The molecule has 0 amide bonds. The van der Waals surface area contributed by atoms with Crippen molar-refractivity contribution in [2.45, 2.75) is 45.6 Å². The molecule has 0 aromatic heterocycles. The van der Waals surface area contributed by atoms with Gasteiger partial charge in [-0.15, -0.1) is 11.6 Å². The van der Waals surface area contributed by atoms with Crippen LogP contribution in [0, 0.1) is 0 Å². The Balaban J connectivity index is 3.03. The maximum atomic E-state index is 5.65. The van der Waals surface area contributed by atoms with Gasteiger partial charge in [0.05, 0.1) is 151 Å². The van der Waals surface area contributed by atoms with Gasteiger partial charge in [-0.2, -0.15) is 0 Å². The average molecular weight is 663 g/mol. The molecule has 0 fully saturated rings. The molecule has 0 saturated heterocycles. The van der Waals surface area contributed by atoms with Crippen LogP contribution in [0.25, 0.3) is 0 Å². The van der Waals surface area contributed by atoms with E-state index < -0.39 is 0 Å². The highest BCUT2D eigenvalue weighted by atomic mass is 35.5. The lowest BCUT2D eigenvalue weighted by atomic mass is 10.2. The van der Waals surface area contributed by atoms with E-state index >= 15 is 0 Å². The number of hydrogen-bond acceptors (Lipinski definition) is 12. The van der Waals surface area contributed by atoms with E-state index in [9.17, 15) is 0 Å². The largest absolute Gasteiger partial charge is 0.379 e. The summed E-state index contributed by atoms with van der Waals surface area (Å²) in [7, 11) is 0. The lowest BCUT2D eigenvalue weighted by Gasteiger charge is -2.09.